The summed E-state index contributed by atoms with van der Waals surface area (Å²) in [6.07, 6.45) is 4.93. The van der Waals surface area contributed by atoms with E-state index in [2.05, 4.69) is 22.9 Å². The van der Waals surface area contributed by atoms with Gasteiger partial charge in [0.2, 0.25) is 0 Å². The first-order valence-electron chi connectivity index (χ1n) is 10.5. The maximum atomic E-state index is 12.8. The van der Waals surface area contributed by atoms with Crippen LogP contribution in [0, 0.1) is 0 Å². The molecule has 3 heterocycles. The van der Waals surface area contributed by atoms with E-state index in [4.69, 9.17) is 9.73 Å². The van der Waals surface area contributed by atoms with E-state index in [1.54, 1.807) is 6.08 Å². The van der Waals surface area contributed by atoms with Crippen LogP contribution in [0.25, 0.3) is 0 Å². The van der Waals surface area contributed by atoms with Crippen molar-refractivity contribution in [3.63, 3.8) is 0 Å². The molecule has 158 valence electrons. The third-order valence-electron chi connectivity index (χ3n) is 6.53. The third kappa shape index (κ3) is 3.96. The minimum Gasteiger partial charge on any atom is -0.441 e. The van der Waals surface area contributed by atoms with Crippen molar-refractivity contribution < 1.29 is 19.4 Å². The Labute approximate surface area is 171 Å². The molecule has 0 aromatic carbocycles. The number of aliphatic hydroxyl groups excluding tert-OH is 1. The van der Waals surface area contributed by atoms with Gasteiger partial charge in [0.25, 0.3) is 0 Å². The summed E-state index contributed by atoms with van der Waals surface area (Å²) in [5, 5.41) is 9.35. The van der Waals surface area contributed by atoms with Gasteiger partial charge < -0.3 is 19.6 Å². The molecule has 1 aliphatic carbocycles. The van der Waals surface area contributed by atoms with Crippen LogP contribution in [0.15, 0.2) is 28.3 Å². The second-order valence-electron chi connectivity index (χ2n) is 8.34. The van der Waals surface area contributed by atoms with Crippen molar-refractivity contribution in [3.05, 3.63) is 23.3 Å². The number of piperazine rings is 1. The van der Waals surface area contributed by atoms with Crippen LogP contribution in [-0.4, -0.2) is 102 Å². The number of carbonyl (C=O) groups excluding carboxylic acids is 2. The minimum absolute atomic E-state index is 0.0663. The van der Waals surface area contributed by atoms with Crippen LogP contribution in [0.4, 0.5) is 4.79 Å². The molecule has 3 aliphatic heterocycles. The maximum absolute atomic E-state index is 12.8. The molecule has 1 N–H and O–H groups in total. The van der Waals surface area contributed by atoms with E-state index in [1.165, 1.54) is 4.90 Å². The molecule has 3 atom stereocenters. The molecular weight excluding hydrogens is 372 g/mol. The first-order chi connectivity index (χ1) is 14.0. The number of ketones is 1. The van der Waals surface area contributed by atoms with E-state index in [0.29, 0.717) is 13.0 Å². The van der Waals surface area contributed by atoms with E-state index in [-0.39, 0.29) is 18.4 Å². The quantitative estimate of drug-likeness (QED) is 0.752. The predicted molar refractivity (Wildman–Crippen MR) is 109 cm³/mol. The summed E-state index contributed by atoms with van der Waals surface area (Å²) in [5.41, 5.74) is 2.16. The molecule has 8 nitrogen and oxygen atoms in total. The predicted octanol–water partition coefficient (Wildman–Crippen LogP) is 0.822. The second kappa shape index (κ2) is 8.28. The topological polar surface area (TPSA) is 85.7 Å². The van der Waals surface area contributed by atoms with Crippen LogP contribution in [0.1, 0.15) is 26.2 Å². The van der Waals surface area contributed by atoms with Gasteiger partial charge in [-0.1, -0.05) is 6.08 Å². The molecule has 0 radical (unpaired) electrons. The largest absolute Gasteiger partial charge is 0.441 e. The van der Waals surface area contributed by atoms with Crippen molar-refractivity contribution in [2.24, 2.45) is 4.99 Å². The fraction of sp³-hybridized carbons (Fsp3) is 0.667. The highest BCUT2D eigenvalue weighted by atomic mass is 16.6. The molecule has 1 amide bonds. The van der Waals surface area contributed by atoms with Gasteiger partial charge in [-0.15, -0.1) is 0 Å². The Bertz CT molecular complexity index is 767. The van der Waals surface area contributed by atoms with Crippen LogP contribution >= 0.6 is 0 Å². The van der Waals surface area contributed by atoms with Crippen LogP contribution in [0.3, 0.4) is 0 Å². The van der Waals surface area contributed by atoms with Gasteiger partial charge in [0.1, 0.15) is 11.9 Å². The number of rotatable bonds is 3. The number of hydrogen-bond acceptors (Lipinski definition) is 7. The lowest BCUT2D eigenvalue weighted by Crippen LogP contribution is -2.48. The van der Waals surface area contributed by atoms with Gasteiger partial charge in [-0.05, 0) is 44.0 Å². The van der Waals surface area contributed by atoms with Crippen molar-refractivity contribution in [1.82, 2.24) is 14.7 Å². The zero-order chi connectivity index (χ0) is 20.5. The van der Waals surface area contributed by atoms with Gasteiger partial charge in [-0.25, -0.2) is 4.79 Å². The van der Waals surface area contributed by atoms with Crippen molar-refractivity contribution in [1.29, 1.82) is 0 Å². The zero-order valence-corrected chi connectivity index (χ0v) is 17.2. The number of carbonyl (C=O) groups is 2. The molecule has 8 heteroatoms. The van der Waals surface area contributed by atoms with E-state index in [1.807, 2.05) is 6.92 Å². The fourth-order valence-corrected chi connectivity index (χ4v) is 4.59. The molecule has 29 heavy (non-hydrogen) atoms. The Morgan fingerprint density at radius 2 is 1.97 bits per heavy atom. The molecule has 3 unspecified atom stereocenters. The number of aliphatic hydroxyl groups is 1. The van der Waals surface area contributed by atoms with Crippen LogP contribution in [-0.2, 0) is 9.53 Å². The second-order valence-corrected chi connectivity index (χ2v) is 8.34. The first kappa shape index (κ1) is 20.1. The standard InChI is InChI=1S/C21H30N4O4/c1-14-19(13-26)29-21(28)25(14)17-5-3-15(11-18(17)27)16-4-6-20(22-12-16)24-9-7-23(2)8-10-24/h4,11,14,17,19,26H,3,5-10,12-13H2,1-2H3. The average Bonchev–Trinajstić information content (AvgIpc) is 3.02. The summed E-state index contributed by atoms with van der Waals surface area (Å²) in [6.45, 7) is 6.35. The Hall–Kier alpha value is -2.19. The molecule has 4 rings (SSSR count). The highest BCUT2D eigenvalue weighted by Crippen LogP contribution is 2.31. The Kier molecular flexibility index (Phi) is 5.74. The van der Waals surface area contributed by atoms with Crippen LogP contribution in [0.2, 0.25) is 0 Å². The maximum Gasteiger partial charge on any atom is 0.411 e. The van der Waals surface area contributed by atoms with Crippen molar-refractivity contribution in [2.45, 2.75) is 44.4 Å². The van der Waals surface area contributed by atoms with Gasteiger partial charge >= 0.3 is 6.09 Å². The molecule has 0 bridgehead atoms. The number of nitrogens with zero attached hydrogens (tertiary/aromatic N) is 4. The minimum atomic E-state index is -0.566. The molecule has 0 spiro atoms. The van der Waals surface area contributed by atoms with Crippen LogP contribution < -0.4 is 0 Å². The van der Waals surface area contributed by atoms with Gasteiger partial charge in [-0.3, -0.25) is 14.7 Å². The molecular formula is C21H30N4O4. The number of aliphatic imine (C=N–C) groups is 1. The van der Waals surface area contributed by atoms with Gasteiger partial charge in [0.05, 0.1) is 25.2 Å². The molecule has 2 saturated heterocycles. The smallest absolute Gasteiger partial charge is 0.411 e. The zero-order valence-electron chi connectivity index (χ0n) is 17.2. The Morgan fingerprint density at radius 1 is 1.21 bits per heavy atom. The molecule has 4 aliphatic rings. The monoisotopic (exact) mass is 402 g/mol. The van der Waals surface area contributed by atoms with E-state index in [0.717, 1.165) is 56.0 Å². The number of dihydropyridines is 1. The third-order valence-corrected chi connectivity index (χ3v) is 6.53. The highest BCUT2D eigenvalue weighted by molar-refractivity contribution is 5.98. The lowest BCUT2D eigenvalue weighted by molar-refractivity contribution is -0.119. The Balaban J connectivity index is 1.39. The van der Waals surface area contributed by atoms with E-state index >= 15 is 0 Å². The molecule has 0 aromatic rings. The molecule has 0 aromatic heterocycles. The Morgan fingerprint density at radius 3 is 2.55 bits per heavy atom. The number of likely N-dealkylation sites (N-methyl/N-ethyl adjacent to an activating group) is 1. The van der Waals surface area contributed by atoms with E-state index in [9.17, 15) is 14.7 Å². The summed E-state index contributed by atoms with van der Waals surface area (Å²) < 4.78 is 5.18. The number of cyclic esters (lactones) is 1. The van der Waals surface area contributed by atoms with Crippen molar-refractivity contribution >= 4 is 17.7 Å². The lowest BCUT2D eigenvalue weighted by atomic mass is 9.87. The van der Waals surface area contributed by atoms with E-state index < -0.39 is 18.2 Å². The highest BCUT2D eigenvalue weighted by Gasteiger charge is 2.45. The summed E-state index contributed by atoms with van der Waals surface area (Å²) in [4.78, 5) is 36.0. The SMILES string of the molecule is CC1C(CO)OC(=O)N1C1CCC(C2=CCC(N3CCN(C)CC3)=NC2)=CC1=O. The number of amidine groups is 1. The van der Waals surface area contributed by atoms with Crippen molar-refractivity contribution in [3.8, 4) is 0 Å². The summed E-state index contributed by atoms with van der Waals surface area (Å²) in [7, 11) is 2.14. The van der Waals surface area contributed by atoms with Crippen LogP contribution in [0.5, 0.6) is 0 Å². The van der Waals surface area contributed by atoms with Gasteiger partial charge in [-0.2, -0.15) is 0 Å². The molecule has 2 fully saturated rings. The normalized spacial score (nSPS) is 31.4. The van der Waals surface area contributed by atoms with Gasteiger partial charge in [0, 0.05) is 32.6 Å². The van der Waals surface area contributed by atoms with Crippen molar-refractivity contribution in [2.75, 3.05) is 46.4 Å². The molecule has 0 saturated carbocycles. The fourth-order valence-electron chi connectivity index (χ4n) is 4.59. The number of hydrogen-bond donors (Lipinski definition) is 1. The van der Waals surface area contributed by atoms with Gasteiger partial charge in [0.15, 0.2) is 5.78 Å². The summed E-state index contributed by atoms with van der Waals surface area (Å²) in [6, 6.07) is -0.813. The number of amides is 1. The number of ether oxygens (including phenoxy) is 1. The lowest BCUT2D eigenvalue weighted by Gasteiger charge is -2.35. The first-order valence-corrected chi connectivity index (χ1v) is 10.5. The average molecular weight is 402 g/mol. The summed E-state index contributed by atoms with van der Waals surface area (Å²) in [5.74, 6) is 1.08. The summed E-state index contributed by atoms with van der Waals surface area (Å²) >= 11 is 0.